The standard InChI is InChI=1S/C20H28N2O2/c1-5-21-10-9-17-16(12-21)15-7-6-14(4)18(20(23)24)19(15)22(17)11-8-13(2)3/h6-7,13H,5,8-12H2,1-4H3,(H,23,24). The van der Waals surface area contributed by atoms with Crippen molar-refractivity contribution in [3.63, 3.8) is 0 Å². The van der Waals surface area contributed by atoms with Crippen molar-refractivity contribution in [1.82, 2.24) is 9.47 Å². The van der Waals surface area contributed by atoms with Crippen LogP contribution in [0.25, 0.3) is 10.9 Å². The van der Waals surface area contributed by atoms with Gasteiger partial charge in [-0.2, -0.15) is 0 Å². The first-order chi connectivity index (χ1) is 11.4. The number of carbonyl (C=O) groups is 1. The maximum Gasteiger partial charge on any atom is 0.338 e. The van der Waals surface area contributed by atoms with Crippen LogP contribution in [-0.2, 0) is 19.5 Å². The van der Waals surface area contributed by atoms with Crippen molar-refractivity contribution in [2.24, 2.45) is 5.92 Å². The normalized spacial score (nSPS) is 15.2. The van der Waals surface area contributed by atoms with E-state index in [0.29, 0.717) is 11.5 Å². The largest absolute Gasteiger partial charge is 0.478 e. The fourth-order valence-electron chi connectivity index (χ4n) is 3.87. The van der Waals surface area contributed by atoms with Gasteiger partial charge in [0.25, 0.3) is 0 Å². The highest BCUT2D eigenvalue weighted by Crippen LogP contribution is 2.34. The molecule has 24 heavy (non-hydrogen) atoms. The molecule has 4 heteroatoms. The summed E-state index contributed by atoms with van der Waals surface area (Å²) in [6.07, 6.45) is 2.08. The summed E-state index contributed by atoms with van der Waals surface area (Å²) in [6, 6.07) is 4.09. The van der Waals surface area contributed by atoms with Crippen LogP contribution in [0.15, 0.2) is 12.1 Å². The maximum atomic E-state index is 11.9. The summed E-state index contributed by atoms with van der Waals surface area (Å²) in [5, 5.41) is 10.9. The zero-order chi connectivity index (χ0) is 17.4. The van der Waals surface area contributed by atoms with Crippen LogP contribution < -0.4 is 0 Å². The zero-order valence-corrected chi connectivity index (χ0v) is 15.2. The second kappa shape index (κ2) is 6.60. The number of hydrogen-bond acceptors (Lipinski definition) is 2. The van der Waals surface area contributed by atoms with Crippen molar-refractivity contribution < 1.29 is 9.90 Å². The molecule has 0 fully saturated rings. The number of carboxylic acid groups (broad SMARTS) is 1. The van der Waals surface area contributed by atoms with Crippen molar-refractivity contribution >= 4 is 16.9 Å². The third-order valence-electron chi connectivity index (χ3n) is 5.29. The predicted molar refractivity (Wildman–Crippen MR) is 97.7 cm³/mol. The van der Waals surface area contributed by atoms with Crippen LogP contribution in [0.2, 0.25) is 0 Å². The second-order valence-electron chi connectivity index (χ2n) is 7.34. The molecular formula is C20H28N2O2. The lowest BCUT2D eigenvalue weighted by atomic mass is 10.0. The average molecular weight is 328 g/mol. The van der Waals surface area contributed by atoms with E-state index in [-0.39, 0.29) is 0 Å². The lowest BCUT2D eigenvalue weighted by molar-refractivity contribution is 0.0698. The number of aromatic nitrogens is 1. The topological polar surface area (TPSA) is 45.5 Å². The number of aromatic carboxylic acids is 1. The molecule has 1 aliphatic heterocycles. The van der Waals surface area contributed by atoms with Crippen molar-refractivity contribution in [1.29, 1.82) is 0 Å². The highest BCUT2D eigenvalue weighted by molar-refractivity contribution is 6.05. The Morgan fingerprint density at radius 1 is 1.33 bits per heavy atom. The number of hydrogen-bond donors (Lipinski definition) is 1. The van der Waals surface area contributed by atoms with Crippen LogP contribution in [0.3, 0.4) is 0 Å². The van der Waals surface area contributed by atoms with Gasteiger partial charge in [0.1, 0.15) is 0 Å². The van der Waals surface area contributed by atoms with Gasteiger partial charge in [-0.3, -0.25) is 4.90 Å². The number of fused-ring (bicyclic) bond motifs is 3. The van der Waals surface area contributed by atoms with Crippen molar-refractivity contribution in [3.05, 3.63) is 34.5 Å². The molecule has 0 saturated carbocycles. The van der Waals surface area contributed by atoms with E-state index < -0.39 is 5.97 Å². The Morgan fingerprint density at radius 2 is 2.08 bits per heavy atom. The van der Waals surface area contributed by atoms with E-state index in [9.17, 15) is 9.90 Å². The molecule has 0 bridgehead atoms. The fourth-order valence-corrected chi connectivity index (χ4v) is 3.87. The summed E-state index contributed by atoms with van der Waals surface area (Å²) in [5.74, 6) is -0.210. The molecule has 2 aromatic rings. The van der Waals surface area contributed by atoms with Gasteiger partial charge in [0.05, 0.1) is 11.1 Å². The lowest BCUT2D eigenvalue weighted by Gasteiger charge is -2.27. The molecule has 0 amide bonds. The molecule has 0 saturated heterocycles. The van der Waals surface area contributed by atoms with Gasteiger partial charge in [-0.25, -0.2) is 4.79 Å². The smallest absolute Gasteiger partial charge is 0.338 e. The summed E-state index contributed by atoms with van der Waals surface area (Å²) < 4.78 is 2.31. The van der Waals surface area contributed by atoms with E-state index in [0.717, 1.165) is 55.5 Å². The Kier molecular flexibility index (Phi) is 4.68. The molecule has 4 nitrogen and oxygen atoms in total. The molecule has 0 spiro atoms. The summed E-state index contributed by atoms with van der Waals surface area (Å²) in [7, 11) is 0. The quantitative estimate of drug-likeness (QED) is 0.900. The maximum absolute atomic E-state index is 11.9. The summed E-state index contributed by atoms with van der Waals surface area (Å²) >= 11 is 0. The molecular weight excluding hydrogens is 300 g/mol. The zero-order valence-electron chi connectivity index (χ0n) is 15.2. The van der Waals surface area contributed by atoms with Crippen LogP contribution in [0.5, 0.6) is 0 Å². The molecule has 1 N–H and O–H groups in total. The second-order valence-corrected chi connectivity index (χ2v) is 7.34. The number of nitrogens with zero attached hydrogens (tertiary/aromatic N) is 2. The van der Waals surface area contributed by atoms with E-state index in [4.69, 9.17) is 0 Å². The average Bonchev–Trinajstić information content (AvgIpc) is 2.85. The highest BCUT2D eigenvalue weighted by Gasteiger charge is 2.26. The molecule has 1 aromatic heterocycles. The molecule has 0 unspecified atom stereocenters. The van der Waals surface area contributed by atoms with E-state index >= 15 is 0 Å². The first kappa shape index (κ1) is 17.0. The Bertz CT molecular complexity index is 774. The number of rotatable bonds is 5. The van der Waals surface area contributed by atoms with Crippen LogP contribution in [0.1, 0.15) is 54.4 Å². The minimum atomic E-state index is -0.814. The van der Waals surface area contributed by atoms with E-state index in [1.807, 2.05) is 13.0 Å². The summed E-state index contributed by atoms with van der Waals surface area (Å²) in [4.78, 5) is 14.4. The number of carboxylic acids is 1. The van der Waals surface area contributed by atoms with Gasteiger partial charge in [0.15, 0.2) is 0 Å². The van der Waals surface area contributed by atoms with Crippen LogP contribution in [0, 0.1) is 12.8 Å². The molecule has 1 aliphatic rings. The Morgan fingerprint density at radius 3 is 2.71 bits per heavy atom. The van der Waals surface area contributed by atoms with Gasteiger partial charge < -0.3 is 9.67 Å². The van der Waals surface area contributed by atoms with Gasteiger partial charge in [-0.1, -0.05) is 32.9 Å². The van der Waals surface area contributed by atoms with Crippen LogP contribution in [0.4, 0.5) is 0 Å². The molecule has 2 heterocycles. The van der Waals surface area contributed by atoms with Gasteiger partial charge in [-0.05, 0) is 36.9 Å². The summed E-state index contributed by atoms with van der Waals surface area (Å²) in [6.45, 7) is 12.5. The minimum Gasteiger partial charge on any atom is -0.478 e. The molecule has 0 aliphatic carbocycles. The molecule has 0 atom stereocenters. The van der Waals surface area contributed by atoms with Gasteiger partial charge in [-0.15, -0.1) is 0 Å². The summed E-state index contributed by atoms with van der Waals surface area (Å²) in [5.41, 5.74) is 4.95. The SMILES string of the molecule is CCN1CCc2c(c3ccc(C)c(C(=O)O)c3n2CCC(C)C)C1. The first-order valence-electron chi connectivity index (χ1n) is 9.03. The van der Waals surface area contributed by atoms with Crippen molar-refractivity contribution in [3.8, 4) is 0 Å². The number of benzene rings is 1. The molecule has 1 aromatic carbocycles. The van der Waals surface area contributed by atoms with Crippen molar-refractivity contribution in [2.75, 3.05) is 13.1 Å². The molecule has 3 rings (SSSR count). The first-order valence-corrected chi connectivity index (χ1v) is 9.03. The van der Waals surface area contributed by atoms with E-state index in [1.54, 1.807) is 0 Å². The van der Waals surface area contributed by atoms with Crippen LogP contribution in [-0.4, -0.2) is 33.6 Å². The Hall–Kier alpha value is -1.81. The van der Waals surface area contributed by atoms with Crippen molar-refractivity contribution in [2.45, 2.75) is 53.6 Å². The third-order valence-corrected chi connectivity index (χ3v) is 5.29. The van der Waals surface area contributed by atoms with Gasteiger partial charge >= 0.3 is 5.97 Å². The minimum absolute atomic E-state index is 0.480. The molecule has 130 valence electrons. The number of likely N-dealkylation sites (N-methyl/N-ethyl adjacent to an activating group) is 1. The Labute approximate surface area is 144 Å². The fraction of sp³-hybridized carbons (Fsp3) is 0.550. The predicted octanol–water partition coefficient (Wildman–Crippen LogP) is 4.07. The third kappa shape index (κ3) is 2.84. The monoisotopic (exact) mass is 328 g/mol. The van der Waals surface area contributed by atoms with Gasteiger partial charge in [0, 0.05) is 37.1 Å². The Balaban J connectivity index is 2.25. The van der Waals surface area contributed by atoms with Gasteiger partial charge in [0.2, 0.25) is 0 Å². The molecule has 0 radical (unpaired) electrons. The lowest BCUT2D eigenvalue weighted by Crippen LogP contribution is -2.30. The number of aryl methyl sites for hydroxylation is 2. The van der Waals surface area contributed by atoms with E-state index in [1.165, 1.54) is 11.3 Å². The van der Waals surface area contributed by atoms with E-state index in [2.05, 4.69) is 36.3 Å². The highest BCUT2D eigenvalue weighted by atomic mass is 16.4. The van der Waals surface area contributed by atoms with Crippen LogP contribution >= 0.6 is 0 Å².